The monoisotopic (exact) mass is 1380 g/mol. The number of hydrogen-bond donors (Lipinski definition) is 4. The summed E-state index contributed by atoms with van der Waals surface area (Å²) in [6.45, 7) is -0.696. The Morgan fingerprint density at radius 2 is 0.598 bits per heavy atom. The highest BCUT2D eigenvalue weighted by Crippen LogP contribution is 2.26. The zero-order chi connectivity index (χ0) is 71.5. The second kappa shape index (κ2) is 66.7. The molecule has 0 saturated carbocycles. The summed E-state index contributed by atoms with van der Waals surface area (Å²) in [5, 5.41) is 37.6. The predicted molar refractivity (Wildman–Crippen MR) is 378 cm³/mol. The van der Waals surface area contributed by atoms with Gasteiger partial charge in [-0.1, -0.05) is 297 Å². The van der Waals surface area contributed by atoms with Gasteiger partial charge in [0.2, 0.25) is 0 Å². The maximum atomic E-state index is 14.4. The summed E-state index contributed by atoms with van der Waals surface area (Å²) in [5.74, 6) is -9.26. The number of esters is 5. The van der Waals surface area contributed by atoms with E-state index >= 15 is 0 Å². The van der Waals surface area contributed by atoms with Crippen LogP contribution < -0.4 is 0 Å². The smallest absolute Gasteiger partial charge is 0.332 e. The third kappa shape index (κ3) is 60.5. The fraction of sp³-hybridized carbons (Fsp3) is 0.855. The zero-order valence-corrected chi connectivity index (χ0v) is 61.0. The second-order valence-electron chi connectivity index (χ2n) is 26.9. The predicted octanol–water partition coefficient (Wildman–Crippen LogP) is 16.4. The number of carboxylic acid groups (broad SMARTS) is 4. The Morgan fingerprint density at radius 3 is 0.876 bits per heavy atom. The van der Waals surface area contributed by atoms with Crippen LogP contribution in [-0.4, -0.2) is 169 Å². The topological polar surface area (TPSA) is 296 Å². The van der Waals surface area contributed by atoms with Crippen molar-refractivity contribution >= 4 is 53.7 Å². The molecule has 564 valence electrons. The summed E-state index contributed by atoms with van der Waals surface area (Å²) >= 11 is 0. The van der Waals surface area contributed by atoms with E-state index in [4.69, 9.17) is 28.4 Å². The molecule has 0 spiro atoms. The molecule has 21 nitrogen and oxygen atoms in total. The second-order valence-corrected chi connectivity index (χ2v) is 26.9. The molecule has 0 aromatic rings. The van der Waals surface area contributed by atoms with Crippen molar-refractivity contribution in [2.24, 2.45) is 5.41 Å². The number of unbranched alkanes of at least 4 members (excludes halogenated alkanes) is 42. The Labute approximate surface area is 584 Å². The number of rotatable bonds is 74. The van der Waals surface area contributed by atoms with Crippen LogP contribution in [0.2, 0.25) is 0 Å². The molecule has 0 rings (SSSR count). The van der Waals surface area contributed by atoms with E-state index in [0.717, 1.165) is 86.8 Å². The lowest BCUT2D eigenvalue weighted by molar-refractivity contribution is -0.179. The van der Waals surface area contributed by atoms with E-state index in [0.29, 0.717) is 19.3 Å². The first-order valence-electron chi connectivity index (χ1n) is 38.3. The van der Waals surface area contributed by atoms with Crippen molar-refractivity contribution in [2.45, 2.75) is 335 Å². The minimum atomic E-state index is -1.92. The van der Waals surface area contributed by atoms with Crippen LogP contribution in [0.25, 0.3) is 0 Å². The van der Waals surface area contributed by atoms with Gasteiger partial charge in [0, 0.05) is 25.8 Å². The zero-order valence-electron chi connectivity index (χ0n) is 61.0. The van der Waals surface area contributed by atoms with Gasteiger partial charge in [0.25, 0.3) is 0 Å². The van der Waals surface area contributed by atoms with Gasteiger partial charge in [-0.05, 0) is 25.3 Å². The number of carbonyl (C=O) groups is 9. The number of hydrogen-bond acceptors (Lipinski definition) is 17. The van der Waals surface area contributed by atoms with Gasteiger partial charge < -0.3 is 48.8 Å². The van der Waals surface area contributed by atoms with Crippen LogP contribution in [0.15, 0.2) is 12.2 Å². The van der Waals surface area contributed by atoms with Gasteiger partial charge in [-0.25, -0.2) is 4.79 Å². The SMILES string of the molecule is CCCCCCCCCCCCCCCCCC(=O)OCC(COC(=O)CCCCCCCCCCCCCCCCC)(COC(=O)CCCCCCCCCCCCCCCCC)C(=O)OC/C=C\COCC(=O)OCC(CN(CC(=O)O)CC(=O)O)N(CC(=O)O)CC(=O)O. The fourth-order valence-electron chi connectivity index (χ4n) is 11.8. The van der Waals surface area contributed by atoms with Crippen LogP contribution in [0.4, 0.5) is 0 Å². The van der Waals surface area contributed by atoms with Crippen LogP contribution in [0.3, 0.4) is 0 Å². The Kier molecular flexibility index (Phi) is 63.2. The minimum Gasteiger partial charge on any atom is -0.480 e. The van der Waals surface area contributed by atoms with Crippen molar-refractivity contribution in [3.05, 3.63) is 12.2 Å². The van der Waals surface area contributed by atoms with Gasteiger partial charge in [-0.3, -0.25) is 48.2 Å². The quantitative estimate of drug-likeness (QED) is 0.0190. The highest BCUT2D eigenvalue weighted by atomic mass is 16.6. The molecule has 0 aliphatic carbocycles. The molecule has 0 bridgehead atoms. The molecular weight excluding hydrogens is 1240 g/mol. The molecule has 1 unspecified atom stereocenters. The molecule has 0 fully saturated rings. The molecule has 0 aliphatic heterocycles. The average Bonchev–Trinajstić information content (AvgIpc) is 0.868. The Hall–Kier alpha value is -5.15. The van der Waals surface area contributed by atoms with E-state index in [2.05, 4.69) is 20.8 Å². The third-order valence-electron chi connectivity index (χ3n) is 17.6. The van der Waals surface area contributed by atoms with Gasteiger partial charge in [0.05, 0.1) is 38.8 Å². The van der Waals surface area contributed by atoms with Crippen LogP contribution in [-0.2, 0) is 71.6 Å². The Morgan fingerprint density at radius 1 is 0.330 bits per heavy atom. The number of carboxylic acids is 4. The summed E-state index contributed by atoms with van der Waals surface area (Å²) in [4.78, 5) is 116. The van der Waals surface area contributed by atoms with Gasteiger partial charge in [0.1, 0.15) is 39.6 Å². The molecule has 97 heavy (non-hydrogen) atoms. The Balaban J connectivity index is 6.04. The van der Waals surface area contributed by atoms with Gasteiger partial charge in [-0.2, -0.15) is 0 Å². The highest BCUT2D eigenvalue weighted by molar-refractivity contribution is 5.80. The van der Waals surface area contributed by atoms with E-state index in [-0.39, 0.29) is 32.5 Å². The molecule has 0 aromatic carbocycles. The molecular formula is C76H136N2O19. The lowest BCUT2D eigenvalue weighted by Gasteiger charge is -2.32. The molecule has 21 heteroatoms. The van der Waals surface area contributed by atoms with Crippen molar-refractivity contribution in [2.75, 3.05) is 79.0 Å². The maximum Gasteiger partial charge on any atom is 0.332 e. The first-order chi connectivity index (χ1) is 47.0. The molecule has 4 N–H and O–H groups in total. The van der Waals surface area contributed by atoms with E-state index in [1.807, 2.05) is 0 Å². The van der Waals surface area contributed by atoms with Crippen molar-refractivity contribution in [1.82, 2.24) is 9.80 Å². The molecule has 0 aliphatic rings. The molecule has 0 heterocycles. The van der Waals surface area contributed by atoms with Crippen molar-refractivity contribution in [3.63, 3.8) is 0 Å². The summed E-state index contributed by atoms with van der Waals surface area (Å²) in [6.07, 6.45) is 55.7. The van der Waals surface area contributed by atoms with E-state index in [1.54, 1.807) is 0 Å². The molecule has 0 amide bonds. The van der Waals surface area contributed by atoms with Gasteiger partial charge >= 0.3 is 53.7 Å². The third-order valence-corrected chi connectivity index (χ3v) is 17.6. The number of aliphatic carboxylic acids is 4. The van der Waals surface area contributed by atoms with E-state index in [1.165, 1.54) is 205 Å². The summed E-state index contributed by atoms with van der Waals surface area (Å²) < 4.78 is 33.8. The number of ether oxygens (including phenoxy) is 6. The van der Waals surface area contributed by atoms with Crippen molar-refractivity contribution in [3.8, 4) is 0 Å². The molecule has 1 atom stereocenters. The lowest BCUT2D eigenvalue weighted by Crippen LogP contribution is -2.52. The summed E-state index contributed by atoms with van der Waals surface area (Å²) in [7, 11) is 0. The first-order valence-corrected chi connectivity index (χ1v) is 38.3. The van der Waals surface area contributed by atoms with Crippen molar-refractivity contribution in [1.29, 1.82) is 0 Å². The lowest BCUT2D eigenvalue weighted by atomic mass is 9.91. The summed E-state index contributed by atoms with van der Waals surface area (Å²) in [5.41, 5.74) is -1.92. The van der Waals surface area contributed by atoms with Crippen LogP contribution in [0, 0.1) is 5.41 Å². The normalized spacial score (nSPS) is 11.9. The van der Waals surface area contributed by atoms with E-state index < -0.39 is 131 Å². The van der Waals surface area contributed by atoms with Crippen LogP contribution >= 0.6 is 0 Å². The molecule has 0 radical (unpaired) electrons. The maximum absolute atomic E-state index is 14.4. The number of carbonyl (C=O) groups excluding carboxylic acids is 5. The van der Waals surface area contributed by atoms with Gasteiger partial charge in [0.15, 0.2) is 5.41 Å². The van der Waals surface area contributed by atoms with Crippen LogP contribution in [0.5, 0.6) is 0 Å². The highest BCUT2D eigenvalue weighted by Gasteiger charge is 2.45. The average molecular weight is 1380 g/mol. The van der Waals surface area contributed by atoms with E-state index in [9.17, 15) is 63.6 Å². The van der Waals surface area contributed by atoms with Gasteiger partial charge in [-0.15, -0.1) is 0 Å². The number of nitrogens with zero attached hydrogens (tertiary/aromatic N) is 2. The minimum absolute atomic E-state index is 0.101. The van der Waals surface area contributed by atoms with Crippen molar-refractivity contribution < 1.29 is 92.0 Å². The summed E-state index contributed by atoms with van der Waals surface area (Å²) in [6, 6.07) is -1.26. The first kappa shape index (κ1) is 91.8. The standard InChI is InChI=1S/C76H136N2O19/c1-4-7-10-13-16-19-22-25-28-31-34-37-40-43-46-51-71(87)95-63-76(64-96-72(88)52-47-44-41-38-35-32-29-26-23-20-17-14-11-8-5-2,65-97-73(89)53-48-45-42-39-36-33-30-27-24-21-18-15-12-9-6-3)75(91)93-55-50-49-54-92-62-74(90)94-61-66(78(59-69(83)84)60-70(85)86)56-77(57-67(79)80)58-68(81)82/h49-50,66H,4-48,51-65H2,1-3H3,(H,79,80)(H,81,82)(H,83,84)(H,85,86)/b50-49-. The molecule has 0 saturated heterocycles. The Bertz CT molecular complexity index is 1880. The molecule has 0 aromatic heterocycles. The largest absolute Gasteiger partial charge is 0.480 e. The van der Waals surface area contributed by atoms with Crippen LogP contribution in [0.1, 0.15) is 329 Å². The fourth-order valence-corrected chi connectivity index (χ4v) is 11.8.